The highest BCUT2D eigenvalue weighted by Crippen LogP contribution is 2.63. The summed E-state index contributed by atoms with van der Waals surface area (Å²) in [5.74, 6) is 2.73. The van der Waals surface area contributed by atoms with E-state index in [1.54, 1.807) is 9.79 Å². The van der Waals surface area contributed by atoms with Gasteiger partial charge in [0, 0.05) is 0 Å². The van der Waals surface area contributed by atoms with Crippen LogP contribution < -0.4 is 0 Å². The van der Waals surface area contributed by atoms with Gasteiger partial charge in [-0.2, -0.15) is 10.0 Å². The lowest BCUT2D eigenvalue weighted by Gasteiger charge is -2.41. The third-order valence-corrected chi connectivity index (χ3v) is 10.9. The van der Waals surface area contributed by atoms with Gasteiger partial charge in [0.2, 0.25) is 0 Å². The molecule has 0 saturated heterocycles. The molecule has 2 rings (SSSR count). The molecule has 2 aromatic rings. The van der Waals surface area contributed by atoms with E-state index in [0.29, 0.717) is 0 Å². The summed E-state index contributed by atoms with van der Waals surface area (Å²) in [4.78, 5) is 3.22. The van der Waals surface area contributed by atoms with Crippen LogP contribution in [0.2, 0.25) is 0 Å². The summed E-state index contributed by atoms with van der Waals surface area (Å²) < 4.78 is 0. The summed E-state index contributed by atoms with van der Waals surface area (Å²) in [7, 11) is -0.949. The summed E-state index contributed by atoms with van der Waals surface area (Å²) in [5.41, 5.74) is 0. The van der Waals surface area contributed by atoms with Crippen molar-refractivity contribution in [3.05, 3.63) is 60.7 Å². The summed E-state index contributed by atoms with van der Waals surface area (Å²) in [6.45, 7) is 4.61. The van der Waals surface area contributed by atoms with Crippen molar-refractivity contribution in [2.45, 2.75) is 114 Å². The highest BCUT2D eigenvalue weighted by molar-refractivity contribution is 8.33. The van der Waals surface area contributed by atoms with Crippen LogP contribution in [0.15, 0.2) is 70.5 Å². The average molecular weight is 441 g/mol. The first-order valence-corrected chi connectivity index (χ1v) is 15.2. The van der Waals surface area contributed by atoms with E-state index in [0.717, 1.165) is 0 Å². The first-order valence-electron chi connectivity index (χ1n) is 13.2. The minimum absolute atomic E-state index is 0.949. The largest absolute Gasteiger partial charge is 0.188 e. The first-order chi connectivity index (χ1) is 15.3. The van der Waals surface area contributed by atoms with Crippen LogP contribution >= 0.6 is 10.0 Å². The summed E-state index contributed by atoms with van der Waals surface area (Å²) >= 11 is 0. The van der Waals surface area contributed by atoms with Crippen LogP contribution in [0.5, 0.6) is 0 Å². The Morgan fingerprint density at radius 1 is 0.419 bits per heavy atom. The Hall–Kier alpha value is -1.21. The van der Waals surface area contributed by atoms with Crippen molar-refractivity contribution in [3.63, 3.8) is 0 Å². The monoisotopic (exact) mass is 440 g/mol. The number of hydrogen-bond donors (Lipinski definition) is 0. The summed E-state index contributed by atoms with van der Waals surface area (Å²) in [5, 5.41) is 0. The van der Waals surface area contributed by atoms with E-state index in [4.69, 9.17) is 0 Å². The predicted molar refractivity (Wildman–Crippen MR) is 143 cm³/mol. The summed E-state index contributed by atoms with van der Waals surface area (Å²) in [6, 6.07) is 23.1. The molecular weight excluding hydrogens is 392 g/mol. The maximum Gasteiger partial charge on any atom is -0.00592 e. The van der Waals surface area contributed by atoms with E-state index in [1.165, 1.54) is 101 Å². The van der Waals surface area contributed by atoms with Gasteiger partial charge in [-0.25, -0.2) is 0 Å². The molecule has 0 unspecified atom stereocenters. The second-order valence-corrected chi connectivity index (χ2v) is 12.7. The number of benzene rings is 2. The van der Waals surface area contributed by atoms with Crippen LogP contribution in [-0.4, -0.2) is 11.5 Å². The normalized spacial score (nSPS) is 12.2. The Bertz CT molecular complexity index is 589. The molecule has 1 heteroatoms. The van der Waals surface area contributed by atoms with E-state index >= 15 is 0 Å². The van der Waals surface area contributed by atoms with Crippen molar-refractivity contribution in [2.24, 2.45) is 0 Å². The molecule has 0 spiro atoms. The maximum absolute atomic E-state index is 2.42. The molecule has 0 atom stereocenters. The smallest absolute Gasteiger partial charge is 0.00592 e. The van der Waals surface area contributed by atoms with Crippen molar-refractivity contribution in [1.29, 1.82) is 0 Å². The standard InChI is InChI=1S/C30H48S/c1-3-5-7-9-11-13-21-27-31(29-23-17-15-18-24-29,30-25-19-16-20-26-30)28-22-14-12-10-8-6-4-2/h15-20,23-26H,3-14,21-22,27-28H2,1-2H3. The van der Waals surface area contributed by atoms with Crippen LogP contribution in [-0.2, 0) is 0 Å². The second-order valence-electron chi connectivity index (χ2n) is 9.16. The summed E-state index contributed by atoms with van der Waals surface area (Å²) in [6.07, 6.45) is 19.5. The Kier molecular flexibility index (Phi) is 13.8. The van der Waals surface area contributed by atoms with Gasteiger partial charge in [-0.15, -0.1) is 0 Å². The van der Waals surface area contributed by atoms with Gasteiger partial charge in [-0.05, 0) is 58.4 Å². The molecule has 0 saturated carbocycles. The van der Waals surface area contributed by atoms with E-state index in [1.807, 2.05) is 0 Å². The fraction of sp³-hybridized carbons (Fsp3) is 0.600. The highest BCUT2D eigenvalue weighted by Gasteiger charge is 2.27. The number of rotatable bonds is 18. The van der Waals surface area contributed by atoms with Crippen LogP contribution in [0.25, 0.3) is 0 Å². The number of hydrogen-bond acceptors (Lipinski definition) is 0. The minimum Gasteiger partial charge on any atom is -0.188 e. The molecule has 0 aliphatic rings. The van der Waals surface area contributed by atoms with E-state index in [-0.39, 0.29) is 0 Å². The molecule has 0 aromatic heterocycles. The second kappa shape index (κ2) is 16.4. The lowest BCUT2D eigenvalue weighted by molar-refractivity contribution is 0.600. The van der Waals surface area contributed by atoms with Crippen molar-refractivity contribution >= 4 is 10.0 Å². The van der Waals surface area contributed by atoms with Gasteiger partial charge in [-0.3, -0.25) is 0 Å². The molecule has 0 fully saturated rings. The SMILES string of the molecule is CCCCCCCCCS(CCCCCCCCC)(c1ccccc1)c1ccccc1. The third-order valence-electron chi connectivity index (χ3n) is 6.58. The fourth-order valence-electron chi connectivity index (χ4n) is 4.68. The van der Waals surface area contributed by atoms with Gasteiger partial charge in [0.1, 0.15) is 0 Å². The van der Waals surface area contributed by atoms with Crippen molar-refractivity contribution < 1.29 is 0 Å². The molecular formula is C30H48S. The Morgan fingerprint density at radius 3 is 1.10 bits per heavy atom. The first kappa shape index (κ1) is 26.0. The lowest BCUT2D eigenvalue weighted by Crippen LogP contribution is -2.12. The molecule has 0 bridgehead atoms. The average Bonchev–Trinajstić information content (AvgIpc) is 2.83. The Labute approximate surface area is 195 Å². The molecule has 0 aliphatic carbocycles. The van der Waals surface area contributed by atoms with Crippen molar-refractivity contribution in [3.8, 4) is 0 Å². The molecule has 0 heterocycles. The quantitative estimate of drug-likeness (QED) is 0.202. The van der Waals surface area contributed by atoms with Crippen LogP contribution in [0.3, 0.4) is 0 Å². The molecule has 0 aliphatic heterocycles. The van der Waals surface area contributed by atoms with Crippen LogP contribution in [0.1, 0.15) is 104 Å². The van der Waals surface area contributed by atoms with E-state index < -0.39 is 10.0 Å². The van der Waals surface area contributed by atoms with Crippen LogP contribution in [0.4, 0.5) is 0 Å². The number of unbranched alkanes of at least 4 members (excludes halogenated alkanes) is 12. The molecule has 0 amide bonds. The molecule has 0 radical (unpaired) electrons. The zero-order valence-corrected chi connectivity index (χ0v) is 21.3. The highest BCUT2D eigenvalue weighted by atomic mass is 32.3. The Balaban J connectivity index is 2.06. The molecule has 31 heavy (non-hydrogen) atoms. The Morgan fingerprint density at radius 2 is 0.742 bits per heavy atom. The zero-order valence-electron chi connectivity index (χ0n) is 20.5. The van der Waals surface area contributed by atoms with Gasteiger partial charge < -0.3 is 0 Å². The van der Waals surface area contributed by atoms with Crippen molar-refractivity contribution in [1.82, 2.24) is 0 Å². The van der Waals surface area contributed by atoms with Gasteiger partial charge in [-0.1, -0.05) is 127 Å². The van der Waals surface area contributed by atoms with Crippen LogP contribution in [0, 0.1) is 0 Å². The minimum atomic E-state index is -0.949. The molecule has 174 valence electrons. The van der Waals surface area contributed by atoms with E-state index in [9.17, 15) is 0 Å². The van der Waals surface area contributed by atoms with Gasteiger partial charge in [0.15, 0.2) is 0 Å². The van der Waals surface area contributed by atoms with Gasteiger partial charge in [0.25, 0.3) is 0 Å². The van der Waals surface area contributed by atoms with Gasteiger partial charge >= 0.3 is 0 Å². The molecule has 0 N–H and O–H groups in total. The molecule has 0 nitrogen and oxygen atoms in total. The topological polar surface area (TPSA) is 0 Å². The fourth-order valence-corrected chi connectivity index (χ4v) is 8.85. The van der Waals surface area contributed by atoms with E-state index in [2.05, 4.69) is 74.5 Å². The lowest BCUT2D eigenvalue weighted by atomic mass is 10.1. The predicted octanol–water partition coefficient (Wildman–Crippen LogP) is 10.4. The maximum atomic E-state index is 2.42. The molecule has 2 aromatic carbocycles. The van der Waals surface area contributed by atoms with Gasteiger partial charge in [0.05, 0.1) is 0 Å². The third kappa shape index (κ3) is 9.44. The van der Waals surface area contributed by atoms with Crippen molar-refractivity contribution in [2.75, 3.05) is 11.5 Å². The zero-order chi connectivity index (χ0) is 22.0.